The molecule has 0 rings (SSSR count). The number of carbonyl (C=O) groups is 3. The highest BCUT2D eigenvalue weighted by Gasteiger charge is 2.24. The quantitative estimate of drug-likeness (QED) is 0.585. The van der Waals surface area contributed by atoms with Gasteiger partial charge in [-0.15, -0.1) is 0 Å². The maximum atomic E-state index is 11.3. The summed E-state index contributed by atoms with van der Waals surface area (Å²) in [6, 6.07) is -0.911. The second kappa shape index (κ2) is 6.81. The van der Waals surface area contributed by atoms with Crippen molar-refractivity contribution in [3.8, 4) is 0 Å². The van der Waals surface area contributed by atoms with Crippen LogP contribution in [0.4, 0.5) is 0 Å². The van der Waals surface area contributed by atoms with Crippen molar-refractivity contribution in [2.75, 3.05) is 6.54 Å². The van der Waals surface area contributed by atoms with E-state index in [0.717, 1.165) is 0 Å². The van der Waals surface area contributed by atoms with E-state index in [9.17, 15) is 14.4 Å². The van der Waals surface area contributed by atoms with Gasteiger partial charge >= 0.3 is 5.97 Å². The molecule has 0 saturated carbocycles. The highest BCUT2D eigenvalue weighted by Crippen LogP contribution is 2.07. The molecule has 0 aliphatic rings. The minimum Gasteiger partial charge on any atom is -0.480 e. The molecule has 0 spiro atoms. The molecular weight excluding hydrogens is 212 g/mol. The maximum Gasteiger partial charge on any atom is 0.326 e. The van der Waals surface area contributed by atoms with Crippen molar-refractivity contribution in [3.63, 3.8) is 0 Å². The van der Waals surface area contributed by atoms with Crippen molar-refractivity contribution in [1.29, 1.82) is 0 Å². The minimum absolute atomic E-state index is 0.154. The molecule has 16 heavy (non-hydrogen) atoms. The van der Waals surface area contributed by atoms with Crippen molar-refractivity contribution in [1.82, 2.24) is 10.6 Å². The predicted molar refractivity (Wildman–Crippen MR) is 57.7 cm³/mol. The first kappa shape index (κ1) is 14.4. The molecule has 6 nitrogen and oxygen atoms in total. The zero-order valence-corrected chi connectivity index (χ0v) is 9.74. The molecule has 0 aliphatic carbocycles. The Hall–Kier alpha value is -1.59. The van der Waals surface area contributed by atoms with Gasteiger partial charge in [-0.05, 0) is 5.92 Å². The topological polar surface area (TPSA) is 95.5 Å². The molecule has 0 heterocycles. The van der Waals surface area contributed by atoms with Crippen LogP contribution in [0.15, 0.2) is 0 Å². The molecular formula is C10H18N2O4. The predicted octanol–water partition coefficient (Wildman–Crippen LogP) is -0.262. The molecule has 0 fully saturated rings. The fourth-order valence-corrected chi connectivity index (χ4v) is 1.11. The average Bonchev–Trinajstić information content (AvgIpc) is 2.21. The molecule has 6 heteroatoms. The maximum absolute atomic E-state index is 11.3. The number of aliphatic carboxylic acids is 1. The molecule has 3 N–H and O–H groups in total. The van der Waals surface area contributed by atoms with E-state index in [1.807, 2.05) is 6.92 Å². The van der Waals surface area contributed by atoms with Crippen LogP contribution in [0, 0.1) is 5.92 Å². The molecule has 0 bridgehead atoms. The van der Waals surface area contributed by atoms with Gasteiger partial charge in [-0.2, -0.15) is 0 Å². The van der Waals surface area contributed by atoms with Gasteiger partial charge in [0, 0.05) is 6.92 Å². The molecule has 0 aromatic heterocycles. The Balaban J connectivity index is 4.24. The third kappa shape index (κ3) is 5.33. The van der Waals surface area contributed by atoms with Crippen LogP contribution in [0.1, 0.15) is 27.2 Å². The van der Waals surface area contributed by atoms with Crippen LogP contribution in [0.25, 0.3) is 0 Å². The van der Waals surface area contributed by atoms with Crippen molar-refractivity contribution in [2.24, 2.45) is 5.92 Å². The number of amides is 2. The number of carboxylic acid groups (broad SMARTS) is 1. The van der Waals surface area contributed by atoms with E-state index in [2.05, 4.69) is 10.6 Å². The van der Waals surface area contributed by atoms with Crippen LogP contribution in [0.3, 0.4) is 0 Å². The van der Waals surface area contributed by atoms with Crippen LogP contribution in [0.2, 0.25) is 0 Å². The Kier molecular flexibility index (Phi) is 6.14. The fourth-order valence-electron chi connectivity index (χ4n) is 1.11. The van der Waals surface area contributed by atoms with Gasteiger partial charge in [0.25, 0.3) is 0 Å². The van der Waals surface area contributed by atoms with Crippen LogP contribution < -0.4 is 10.6 Å². The van der Waals surface area contributed by atoms with Crippen LogP contribution in [0.5, 0.6) is 0 Å². The summed E-state index contributed by atoms with van der Waals surface area (Å²) in [6.45, 7) is 4.68. The van der Waals surface area contributed by atoms with Gasteiger partial charge in [-0.3, -0.25) is 9.59 Å². The largest absolute Gasteiger partial charge is 0.480 e. The van der Waals surface area contributed by atoms with E-state index >= 15 is 0 Å². The first-order valence-electron chi connectivity index (χ1n) is 5.15. The third-order valence-corrected chi connectivity index (χ3v) is 2.29. The average molecular weight is 230 g/mol. The summed E-state index contributed by atoms with van der Waals surface area (Å²) in [4.78, 5) is 32.7. The molecule has 0 saturated heterocycles. The van der Waals surface area contributed by atoms with Gasteiger partial charge in [-0.1, -0.05) is 20.3 Å². The van der Waals surface area contributed by atoms with Crippen LogP contribution >= 0.6 is 0 Å². The number of hydrogen-bond donors (Lipinski definition) is 3. The zero-order valence-electron chi connectivity index (χ0n) is 9.74. The normalized spacial score (nSPS) is 13.7. The van der Waals surface area contributed by atoms with Gasteiger partial charge in [0.2, 0.25) is 11.8 Å². The second-order valence-electron chi connectivity index (χ2n) is 3.68. The first-order chi connectivity index (χ1) is 7.38. The van der Waals surface area contributed by atoms with E-state index in [0.29, 0.717) is 6.42 Å². The summed E-state index contributed by atoms with van der Waals surface area (Å²) >= 11 is 0. The Bertz CT molecular complexity index is 278. The first-order valence-corrected chi connectivity index (χ1v) is 5.15. The lowest BCUT2D eigenvalue weighted by Gasteiger charge is -2.20. The monoisotopic (exact) mass is 230 g/mol. The van der Waals surface area contributed by atoms with Crippen molar-refractivity contribution in [2.45, 2.75) is 33.2 Å². The molecule has 2 atom stereocenters. The lowest BCUT2D eigenvalue weighted by Crippen LogP contribution is -2.48. The fraction of sp³-hybridized carbons (Fsp3) is 0.700. The van der Waals surface area contributed by atoms with E-state index in [1.165, 1.54) is 6.92 Å². The van der Waals surface area contributed by atoms with Crippen molar-refractivity contribution in [3.05, 3.63) is 0 Å². The Morgan fingerprint density at radius 2 is 1.88 bits per heavy atom. The van der Waals surface area contributed by atoms with Gasteiger partial charge < -0.3 is 15.7 Å². The molecule has 92 valence electrons. The molecule has 1 unspecified atom stereocenters. The number of carbonyl (C=O) groups excluding carboxylic acids is 2. The molecule has 2 amide bonds. The SMILES string of the molecule is CCC(C)[C@H](NC(=O)CNC(C)=O)C(=O)O. The summed E-state index contributed by atoms with van der Waals surface area (Å²) in [6.07, 6.45) is 0.650. The third-order valence-electron chi connectivity index (χ3n) is 2.29. The number of carboxylic acids is 1. The smallest absolute Gasteiger partial charge is 0.326 e. The molecule has 0 radical (unpaired) electrons. The number of hydrogen-bond acceptors (Lipinski definition) is 3. The van der Waals surface area contributed by atoms with E-state index in [4.69, 9.17) is 5.11 Å². The summed E-state index contributed by atoms with van der Waals surface area (Å²) in [5.41, 5.74) is 0. The summed E-state index contributed by atoms with van der Waals surface area (Å²) < 4.78 is 0. The number of rotatable bonds is 6. The van der Waals surface area contributed by atoms with Crippen molar-refractivity contribution >= 4 is 17.8 Å². The molecule has 0 aromatic rings. The summed E-state index contributed by atoms with van der Waals surface area (Å²) in [5.74, 6) is -2.04. The number of nitrogens with one attached hydrogen (secondary N) is 2. The van der Waals surface area contributed by atoms with Gasteiger partial charge in [-0.25, -0.2) is 4.79 Å². The van der Waals surface area contributed by atoms with Gasteiger partial charge in [0.1, 0.15) is 6.04 Å². The Morgan fingerprint density at radius 3 is 2.25 bits per heavy atom. The van der Waals surface area contributed by atoms with Gasteiger partial charge in [0.05, 0.1) is 6.54 Å². The van der Waals surface area contributed by atoms with Crippen LogP contribution in [-0.2, 0) is 14.4 Å². The standard InChI is InChI=1S/C10H18N2O4/c1-4-6(2)9(10(15)16)12-8(14)5-11-7(3)13/h6,9H,4-5H2,1-3H3,(H,11,13)(H,12,14)(H,15,16)/t6?,9-/m0/s1. The van der Waals surface area contributed by atoms with Crippen LogP contribution in [-0.4, -0.2) is 35.5 Å². The molecule has 0 aliphatic heterocycles. The zero-order chi connectivity index (χ0) is 12.7. The van der Waals surface area contributed by atoms with Crippen molar-refractivity contribution < 1.29 is 19.5 Å². The minimum atomic E-state index is -1.06. The van der Waals surface area contributed by atoms with E-state index < -0.39 is 17.9 Å². The lowest BCUT2D eigenvalue weighted by atomic mass is 9.99. The molecule has 0 aromatic carbocycles. The van der Waals surface area contributed by atoms with E-state index in [1.54, 1.807) is 6.92 Å². The Morgan fingerprint density at radius 1 is 1.31 bits per heavy atom. The van der Waals surface area contributed by atoms with E-state index in [-0.39, 0.29) is 18.4 Å². The highest BCUT2D eigenvalue weighted by molar-refractivity contribution is 5.87. The second-order valence-corrected chi connectivity index (χ2v) is 3.68. The summed E-state index contributed by atoms with van der Waals surface area (Å²) in [5, 5.41) is 13.6. The van der Waals surface area contributed by atoms with Gasteiger partial charge in [0.15, 0.2) is 0 Å². The summed E-state index contributed by atoms with van der Waals surface area (Å²) in [7, 11) is 0. The lowest BCUT2D eigenvalue weighted by molar-refractivity contribution is -0.143. The Labute approximate surface area is 94.4 Å². The highest BCUT2D eigenvalue weighted by atomic mass is 16.4.